The van der Waals surface area contributed by atoms with Gasteiger partial charge in [-0.25, -0.2) is 0 Å². The minimum atomic E-state index is -0.0189. The standard InChI is InChI=1S/C25H31N2O5.HI/c1-27(2)11-8-18-14-22-24(32-16-31-22)25(29-3)23(18)20(27)15-21(28)17-4-6-19(7-5-17)26-9-12-30-13-10-26;/h4-7,14,20H,8-13,15-16H2,1-3H3;1H/q+1;/p-1. The summed E-state index contributed by atoms with van der Waals surface area (Å²) >= 11 is 0. The van der Waals surface area contributed by atoms with E-state index in [1.54, 1.807) is 7.11 Å². The Kier molecular flexibility index (Phi) is 7.07. The second-order valence-corrected chi connectivity index (χ2v) is 9.26. The molecule has 0 N–H and O–H groups in total. The average Bonchev–Trinajstić information content (AvgIpc) is 3.28. The van der Waals surface area contributed by atoms with Crippen molar-refractivity contribution in [2.75, 3.05) is 65.7 Å². The van der Waals surface area contributed by atoms with E-state index in [1.165, 1.54) is 5.56 Å². The van der Waals surface area contributed by atoms with Gasteiger partial charge in [-0.3, -0.25) is 4.79 Å². The third-order valence-electron chi connectivity index (χ3n) is 7.03. The van der Waals surface area contributed by atoms with Gasteiger partial charge in [0.1, 0.15) is 6.04 Å². The zero-order valence-corrected chi connectivity index (χ0v) is 21.6. The van der Waals surface area contributed by atoms with Crippen LogP contribution in [0.2, 0.25) is 0 Å². The van der Waals surface area contributed by atoms with Gasteiger partial charge >= 0.3 is 0 Å². The summed E-state index contributed by atoms with van der Waals surface area (Å²) in [7, 11) is 6.04. The molecule has 5 rings (SSSR count). The summed E-state index contributed by atoms with van der Waals surface area (Å²) in [5, 5.41) is 0. The van der Waals surface area contributed by atoms with E-state index in [9.17, 15) is 4.79 Å². The van der Waals surface area contributed by atoms with Gasteiger partial charge < -0.3 is 52.3 Å². The van der Waals surface area contributed by atoms with E-state index < -0.39 is 0 Å². The van der Waals surface area contributed by atoms with E-state index in [2.05, 4.69) is 25.1 Å². The molecule has 2 aromatic rings. The number of morpholine rings is 1. The Morgan fingerprint density at radius 3 is 2.58 bits per heavy atom. The molecule has 0 spiro atoms. The fourth-order valence-electron chi connectivity index (χ4n) is 5.09. The molecule has 1 saturated heterocycles. The Morgan fingerprint density at radius 2 is 1.88 bits per heavy atom. The minimum Gasteiger partial charge on any atom is -1.00 e. The normalized spacial score (nSPS) is 20.6. The Hall–Kier alpha value is -2.04. The van der Waals surface area contributed by atoms with Gasteiger partial charge in [-0.15, -0.1) is 0 Å². The maximum atomic E-state index is 13.4. The van der Waals surface area contributed by atoms with Crippen molar-refractivity contribution in [3.63, 3.8) is 0 Å². The second kappa shape index (κ2) is 9.68. The van der Waals surface area contributed by atoms with Crippen molar-refractivity contribution in [2.24, 2.45) is 0 Å². The number of carbonyl (C=O) groups excluding carboxylic acids is 1. The van der Waals surface area contributed by atoms with Crippen LogP contribution in [-0.2, 0) is 11.2 Å². The Morgan fingerprint density at radius 1 is 1.15 bits per heavy atom. The van der Waals surface area contributed by atoms with Crippen LogP contribution in [0.1, 0.15) is 33.9 Å². The third kappa shape index (κ3) is 4.52. The number of ether oxygens (including phenoxy) is 4. The number of Topliss-reactive ketones (excluding diaryl/α,β-unsaturated/α-hetero) is 1. The van der Waals surface area contributed by atoms with Gasteiger partial charge in [0.2, 0.25) is 12.5 Å². The number of methoxy groups -OCH3 is 1. The van der Waals surface area contributed by atoms with E-state index >= 15 is 0 Å². The number of quaternary nitrogens is 1. The lowest BCUT2D eigenvalue weighted by Crippen LogP contribution is -3.00. The van der Waals surface area contributed by atoms with E-state index in [-0.39, 0.29) is 42.6 Å². The minimum absolute atomic E-state index is 0. The van der Waals surface area contributed by atoms with Gasteiger partial charge in [-0.2, -0.15) is 0 Å². The zero-order valence-electron chi connectivity index (χ0n) is 19.4. The first-order chi connectivity index (χ1) is 15.5. The maximum Gasteiger partial charge on any atom is 0.231 e. The molecule has 3 aliphatic heterocycles. The smallest absolute Gasteiger partial charge is 0.231 e. The zero-order chi connectivity index (χ0) is 22.3. The molecular formula is C25H31IN2O5. The molecule has 2 aromatic carbocycles. The predicted octanol–water partition coefficient (Wildman–Crippen LogP) is 0.211. The first kappa shape index (κ1) is 24.1. The van der Waals surface area contributed by atoms with Crippen molar-refractivity contribution in [1.82, 2.24) is 0 Å². The summed E-state index contributed by atoms with van der Waals surface area (Å²) in [5.41, 5.74) is 4.14. The largest absolute Gasteiger partial charge is 1.00 e. The second-order valence-electron chi connectivity index (χ2n) is 9.26. The summed E-state index contributed by atoms with van der Waals surface area (Å²) in [6.07, 6.45) is 1.32. The highest BCUT2D eigenvalue weighted by atomic mass is 127. The molecule has 1 atom stereocenters. The number of anilines is 1. The number of likely N-dealkylation sites (N-methyl/N-ethyl adjacent to an activating group) is 1. The van der Waals surface area contributed by atoms with Crippen molar-refractivity contribution in [2.45, 2.75) is 18.9 Å². The number of halogens is 1. The lowest BCUT2D eigenvalue weighted by molar-refractivity contribution is -0.922. The van der Waals surface area contributed by atoms with Crippen molar-refractivity contribution >= 4 is 11.5 Å². The molecular weight excluding hydrogens is 535 g/mol. The van der Waals surface area contributed by atoms with Crippen molar-refractivity contribution in [1.29, 1.82) is 0 Å². The summed E-state index contributed by atoms with van der Waals surface area (Å²) in [6.45, 7) is 4.40. The van der Waals surface area contributed by atoms with Gasteiger partial charge in [-0.05, 0) is 35.9 Å². The molecule has 0 bridgehead atoms. The molecule has 0 aliphatic carbocycles. The highest BCUT2D eigenvalue weighted by Gasteiger charge is 2.42. The van der Waals surface area contributed by atoms with Crippen LogP contribution in [0.25, 0.3) is 0 Å². The molecule has 0 aromatic heterocycles. The molecule has 7 nitrogen and oxygen atoms in total. The van der Waals surface area contributed by atoms with E-state index in [0.717, 1.165) is 66.3 Å². The monoisotopic (exact) mass is 566 g/mol. The summed E-state index contributed by atoms with van der Waals surface area (Å²) in [6, 6.07) is 10.0. The topological polar surface area (TPSA) is 57.2 Å². The Bertz CT molecular complexity index is 1020. The molecule has 0 saturated carbocycles. The van der Waals surface area contributed by atoms with Gasteiger partial charge in [0.25, 0.3) is 0 Å². The predicted molar refractivity (Wildman–Crippen MR) is 121 cm³/mol. The van der Waals surface area contributed by atoms with E-state index in [0.29, 0.717) is 17.9 Å². The number of nitrogens with zero attached hydrogens (tertiary/aromatic N) is 2. The molecule has 0 radical (unpaired) electrons. The van der Waals surface area contributed by atoms with Crippen molar-refractivity contribution in [3.8, 4) is 17.2 Å². The van der Waals surface area contributed by atoms with Crippen LogP contribution in [0, 0.1) is 0 Å². The number of hydrogen-bond acceptors (Lipinski definition) is 6. The number of hydrogen-bond donors (Lipinski definition) is 0. The summed E-state index contributed by atoms with van der Waals surface area (Å²) in [5.74, 6) is 2.24. The number of fused-ring (bicyclic) bond motifs is 2. The number of carbonyl (C=O) groups is 1. The lowest BCUT2D eigenvalue weighted by atomic mass is 9.86. The Labute approximate surface area is 212 Å². The van der Waals surface area contributed by atoms with Crippen LogP contribution in [0.3, 0.4) is 0 Å². The average molecular weight is 566 g/mol. The maximum absolute atomic E-state index is 13.4. The fraction of sp³-hybridized carbons (Fsp3) is 0.480. The number of ketones is 1. The molecule has 178 valence electrons. The van der Waals surface area contributed by atoms with Crippen LogP contribution < -0.4 is 43.1 Å². The number of benzene rings is 2. The van der Waals surface area contributed by atoms with Gasteiger partial charge in [-0.1, -0.05) is 0 Å². The van der Waals surface area contributed by atoms with E-state index in [1.807, 2.05) is 24.3 Å². The highest BCUT2D eigenvalue weighted by Crippen LogP contribution is 2.51. The van der Waals surface area contributed by atoms with Crippen LogP contribution in [0.15, 0.2) is 30.3 Å². The van der Waals surface area contributed by atoms with Crippen molar-refractivity contribution < 1.29 is 52.2 Å². The van der Waals surface area contributed by atoms with Crippen LogP contribution in [0.4, 0.5) is 5.69 Å². The van der Waals surface area contributed by atoms with E-state index in [4.69, 9.17) is 18.9 Å². The summed E-state index contributed by atoms with van der Waals surface area (Å²) in [4.78, 5) is 15.7. The van der Waals surface area contributed by atoms with Crippen LogP contribution in [0.5, 0.6) is 17.2 Å². The van der Waals surface area contributed by atoms with Gasteiger partial charge in [0.15, 0.2) is 17.3 Å². The highest BCUT2D eigenvalue weighted by molar-refractivity contribution is 5.97. The van der Waals surface area contributed by atoms with Crippen molar-refractivity contribution in [3.05, 3.63) is 47.0 Å². The SMILES string of the molecule is COc1c2c(cc3c1C(CC(=O)c1ccc(N4CCOCC4)cc1)[N+](C)(C)CC3)OCO2.[I-]. The molecule has 8 heteroatoms. The molecule has 33 heavy (non-hydrogen) atoms. The fourth-order valence-corrected chi connectivity index (χ4v) is 5.09. The summed E-state index contributed by atoms with van der Waals surface area (Å²) < 4.78 is 23.3. The first-order valence-electron chi connectivity index (χ1n) is 11.3. The number of rotatable bonds is 5. The van der Waals surface area contributed by atoms with Crippen LogP contribution >= 0.6 is 0 Å². The lowest BCUT2D eigenvalue weighted by Gasteiger charge is -2.43. The first-order valence-corrected chi connectivity index (χ1v) is 11.3. The molecule has 3 heterocycles. The van der Waals surface area contributed by atoms with Gasteiger partial charge in [0.05, 0.1) is 52.9 Å². The molecule has 1 fully saturated rings. The Balaban J connectivity index is 0.00000259. The third-order valence-corrected chi connectivity index (χ3v) is 7.03. The quantitative estimate of drug-likeness (QED) is 0.293. The van der Waals surface area contributed by atoms with Crippen LogP contribution in [-0.4, -0.2) is 71.1 Å². The molecule has 1 unspecified atom stereocenters. The molecule has 3 aliphatic rings. The molecule has 0 amide bonds. The van der Waals surface area contributed by atoms with Gasteiger partial charge in [0, 0.05) is 30.8 Å².